The average molecular weight is 282 g/mol. The van der Waals surface area contributed by atoms with Gasteiger partial charge < -0.3 is 10.6 Å². The number of hydrogen-bond acceptors (Lipinski definition) is 4. The van der Waals surface area contributed by atoms with E-state index in [2.05, 4.69) is 41.4 Å². The zero-order chi connectivity index (χ0) is 14.9. The first-order chi connectivity index (χ1) is 9.99. The number of anilines is 2. The maximum atomic E-state index is 4.65. The fourth-order valence-electron chi connectivity index (χ4n) is 2.12. The molecule has 1 saturated carbocycles. The number of nitrogens with one attached hydrogen (secondary N) is 2. The van der Waals surface area contributed by atoms with Crippen molar-refractivity contribution in [2.45, 2.75) is 45.2 Å². The Hall–Kier alpha value is -2.10. The molecule has 0 unspecified atom stereocenters. The number of nitrogens with zero attached hydrogens (tertiary/aromatic N) is 2. The van der Waals surface area contributed by atoms with E-state index in [1.165, 1.54) is 12.8 Å². The molecule has 2 aromatic rings. The second-order valence-corrected chi connectivity index (χ2v) is 6.62. The summed E-state index contributed by atoms with van der Waals surface area (Å²) < 4.78 is 0. The highest BCUT2D eigenvalue weighted by Crippen LogP contribution is 2.27. The van der Waals surface area contributed by atoms with Crippen LogP contribution in [0.1, 0.15) is 33.6 Å². The van der Waals surface area contributed by atoms with E-state index in [-0.39, 0.29) is 5.54 Å². The van der Waals surface area contributed by atoms with Crippen LogP contribution < -0.4 is 10.6 Å². The van der Waals surface area contributed by atoms with Gasteiger partial charge in [-0.2, -0.15) is 0 Å². The Morgan fingerprint density at radius 3 is 2.29 bits per heavy atom. The third-order valence-corrected chi connectivity index (χ3v) is 3.19. The highest BCUT2D eigenvalue weighted by molar-refractivity contribution is 5.61. The number of aromatic nitrogens is 2. The third kappa shape index (κ3) is 3.94. The fourth-order valence-corrected chi connectivity index (χ4v) is 2.12. The van der Waals surface area contributed by atoms with Gasteiger partial charge >= 0.3 is 0 Å². The molecule has 110 valence electrons. The van der Waals surface area contributed by atoms with Crippen molar-refractivity contribution in [1.82, 2.24) is 9.97 Å². The third-order valence-electron chi connectivity index (χ3n) is 3.19. The van der Waals surface area contributed by atoms with Crippen LogP contribution in [0.25, 0.3) is 11.4 Å². The topological polar surface area (TPSA) is 49.8 Å². The van der Waals surface area contributed by atoms with Gasteiger partial charge in [0.1, 0.15) is 11.6 Å². The second kappa shape index (κ2) is 5.35. The van der Waals surface area contributed by atoms with Crippen LogP contribution in [-0.4, -0.2) is 21.5 Å². The van der Waals surface area contributed by atoms with E-state index in [1.807, 2.05) is 36.4 Å². The largest absolute Gasteiger partial charge is 0.367 e. The van der Waals surface area contributed by atoms with Crippen LogP contribution in [0.15, 0.2) is 36.4 Å². The molecule has 21 heavy (non-hydrogen) atoms. The summed E-state index contributed by atoms with van der Waals surface area (Å²) in [7, 11) is 0. The molecule has 0 saturated heterocycles. The minimum atomic E-state index is -0.0286. The molecule has 0 amide bonds. The lowest BCUT2D eigenvalue weighted by Gasteiger charge is -2.22. The summed E-state index contributed by atoms with van der Waals surface area (Å²) in [6.07, 6.45) is 2.46. The lowest BCUT2D eigenvalue weighted by atomic mass is 10.1. The predicted octanol–water partition coefficient (Wildman–Crippen LogP) is 3.93. The Balaban J connectivity index is 1.95. The average Bonchev–Trinajstić information content (AvgIpc) is 3.21. The molecule has 0 aliphatic heterocycles. The van der Waals surface area contributed by atoms with Crippen LogP contribution in [0.3, 0.4) is 0 Å². The zero-order valence-corrected chi connectivity index (χ0v) is 12.9. The van der Waals surface area contributed by atoms with E-state index >= 15 is 0 Å². The van der Waals surface area contributed by atoms with E-state index in [1.54, 1.807) is 0 Å². The fraction of sp³-hybridized carbons (Fsp3) is 0.412. The predicted molar refractivity (Wildman–Crippen MR) is 87.5 cm³/mol. The lowest BCUT2D eigenvalue weighted by molar-refractivity contribution is 0.630. The summed E-state index contributed by atoms with van der Waals surface area (Å²) in [5.74, 6) is 2.52. The van der Waals surface area contributed by atoms with E-state index in [0.29, 0.717) is 6.04 Å². The first-order valence-corrected chi connectivity index (χ1v) is 7.49. The van der Waals surface area contributed by atoms with Crippen molar-refractivity contribution in [3.05, 3.63) is 36.4 Å². The quantitative estimate of drug-likeness (QED) is 0.892. The van der Waals surface area contributed by atoms with Crippen LogP contribution in [0, 0.1) is 0 Å². The van der Waals surface area contributed by atoms with E-state index in [0.717, 1.165) is 23.0 Å². The van der Waals surface area contributed by atoms with E-state index < -0.39 is 0 Å². The Morgan fingerprint density at radius 1 is 1.00 bits per heavy atom. The van der Waals surface area contributed by atoms with Crippen molar-refractivity contribution in [3.63, 3.8) is 0 Å². The highest BCUT2D eigenvalue weighted by Gasteiger charge is 2.22. The number of benzene rings is 1. The molecule has 1 aromatic heterocycles. The van der Waals surface area contributed by atoms with Gasteiger partial charge in [-0.15, -0.1) is 0 Å². The van der Waals surface area contributed by atoms with Gasteiger partial charge in [0.15, 0.2) is 5.82 Å². The highest BCUT2D eigenvalue weighted by atomic mass is 15.1. The van der Waals surface area contributed by atoms with Crippen LogP contribution in [0.2, 0.25) is 0 Å². The summed E-state index contributed by atoms with van der Waals surface area (Å²) in [4.78, 5) is 9.31. The molecule has 1 aliphatic carbocycles. The molecule has 0 atom stereocenters. The molecule has 1 aliphatic rings. The van der Waals surface area contributed by atoms with Gasteiger partial charge in [-0.25, -0.2) is 9.97 Å². The Labute approximate surface area is 126 Å². The SMILES string of the molecule is CC(C)(C)Nc1cc(NC2CC2)nc(-c2ccccc2)n1. The molecular formula is C17H22N4. The van der Waals surface area contributed by atoms with Crippen LogP contribution in [-0.2, 0) is 0 Å². The number of rotatable bonds is 4. The molecular weight excluding hydrogens is 260 g/mol. The van der Waals surface area contributed by atoms with Gasteiger partial charge in [0, 0.05) is 23.2 Å². The lowest BCUT2D eigenvalue weighted by Crippen LogP contribution is -2.27. The van der Waals surface area contributed by atoms with Gasteiger partial charge in [-0.05, 0) is 33.6 Å². The molecule has 4 heteroatoms. The van der Waals surface area contributed by atoms with Crippen LogP contribution in [0.4, 0.5) is 11.6 Å². The van der Waals surface area contributed by atoms with Gasteiger partial charge in [-0.3, -0.25) is 0 Å². The zero-order valence-electron chi connectivity index (χ0n) is 12.9. The summed E-state index contributed by atoms with van der Waals surface area (Å²) in [5.41, 5.74) is 1.01. The minimum absolute atomic E-state index is 0.0286. The van der Waals surface area contributed by atoms with E-state index in [4.69, 9.17) is 0 Å². The van der Waals surface area contributed by atoms with Crippen molar-refractivity contribution in [2.24, 2.45) is 0 Å². The first kappa shape index (κ1) is 13.9. The summed E-state index contributed by atoms with van der Waals surface area (Å²) in [6, 6.07) is 12.7. The number of hydrogen-bond donors (Lipinski definition) is 2. The molecule has 3 rings (SSSR count). The monoisotopic (exact) mass is 282 g/mol. The maximum Gasteiger partial charge on any atom is 0.163 e. The molecule has 0 bridgehead atoms. The molecule has 1 heterocycles. The van der Waals surface area contributed by atoms with Crippen LogP contribution in [0.5, 0.6) is 0 Å². The summed E-state index contributed by atoms with van der Waals surface area (Å²) in [6.45, 7) is 6.39. The smallest absolute Gasteiger partial charge is 0.163 e. The summed E-state index contributed by atoms with van der Waals surface area (Å²) >= 11 is 0. The Morgan fingerprint density at radius 2 is 1.67 bits per heavy atom. The molecule has 1 fully saturated rings. The van der Waals surface area contributed by atoms with Crippen molar-refractivity contribution in [3.8, 4) is 11.4 Å². The summed E-state index contributed by atoms with van der Waals surface area (Å²) in [5, 5.41) is 6.90. The van der Waals surface area contributed by atoms with Crippen molar-refractivity contribution in [2.75, 3.05) is 10.6 Å². The maximum absolute atomic E-state index is 4.65. The normalized spacial score (nSPS) is 14.8. The molecule has 4 nitrogen and oxygen atoms in total. The first-order valence-electron chi connectivity index (χ1n) is 7.49. The van der Waals surface area contributed by atoms with Crippen molar-refractivity contribution >= 4 is 11.6 Å². The van der Waals surface area contributed by atoms with Gasteiger partial charge in [0.05, 0.1) is 0 Å². The molecule has 0 radical (unpaired) electrons. The molecule has 2 N–H and O–H groups in total. The van der Waals surface area contributed by atoms with Gasteiger partial charge in [0.25, 0.3) is 0 Å². The van der Waals surface area contributed by atoms with Crippen molar-refractivity contribution < 1.29 is 0 Å². The van der Waals surface area contributed by atoms with Crippen LogP contribution >= 0.6 is 0 Å². The molecule has 1 aromatic carbocycles. The standard InChI is InChI=1S/C17H22N4/c1-17(2,3)21-15-11-14(18-13-9-10-13)19-16(20-15)12-7-5-4-6-8-12/h4-8,11,13H,9-10H2,1-3H3,(H2,18,19,20,21). The van der Waals surface area contributed by atoms with Crippen molar-refractivity contribution in [1.29, 1.82) is 0 Å². The van der Waals surface area contributed by atoms with E-state index in [9.17, 15) is 0 Å². The Bertz CT molecular complexity index is 612. The van der Waals surface area contributed by atoms with Gasteiger partial charge in [-0.1, -0.05) is 30.3 Å². The Kier molecular flexibility index (Phi) is 3.53. The minimum Gasteiger partial charge on any atom is -0.367 e. The second-order valence-electron chi connectivity index (χ2n) is 6.62. The van der Waals surface area contributed by atoms with Gasteiger partial charge in [0.2, 0.25) is 0 Å². The molecule has 0 spiro atoms.